The topological polar surface area (TPSA) is 75.6 Å². The van der Waals surface area contributed by atoms with E-state index in [2.05, 4.69) is 36.6 Å². The van der Waals surface area contributed by atoms with Crippen molar-refractivity contribution in [1.29, 1.82) is 0 Å². The summed E-state index contributed by atoms with van der Waals surface area (Å²) >= 11 is 1.70. The van der Waals surface area contributed by atoms with Gasteiger partial charge in [-0.05, 0) is 44.2 Å². The van der Waals surface area contributed by atoms with E-state index in [1.165, 1.54) is 4.70 Å². The van der Waals surface area contributed by atoms with Gasteiger partial charge in [0.2, 0.25) is 5.95 Å². The number of thiazole rings is 1. The highest BCUT2D eigenvalue weighted by Gasteiger charge is 2.08. The highest BCUT2D eigenvalue weighted by molar-refractivity contribution is 7.18. The van der Waals surface area contributed by atoms with Crippen LogP contribution >= 0.6 is 11.3 Å². The van der Waals surface area contributed by atoms with Crippen LogP contribution in [0.25, 0.3) is 21.5 Å². The predicted octanol–water partition coefficient (Wildman–Crippen LogP) is 4.63. The van der Waals surface area contributed by atoms with Crippen LogP contribution in [-0.4, -0.2) is 26.5 Å². The molecule has 3 heterocycles. The van der Waals surface area contributed by atoms with Crippen molar-refractivity contribution in [2.75, 3.05) is 17.2 Å². The van der Waals surface area contributed by atoms with Crippen molar-refractivity contribution in [2.24, 2.45) is 0 Å². The summed E-state index contributed by atoms with van der Waals surface area (Å²) in [5.41, 5.74) is 3.78. The zero-order valence-corrected chi connectivity index (χ0v) is 15.3. The monoisotopic (exact) mass is 362 g/mol. The van der Waals surface area contributed by atoms with E-state index in [0.717, 1.165) is 39.8 Å². The Hall–Kier alpha value is -3.06. The van der Waals surface area contributed by atoms with Gasteiger partial charge in [-0.25, -0.2) is 9.97 Å². The lowest BCUT2D eigenvalue weighted by Crippen LogP contribution is -2.05. The van der Waals surface area contributed by atoms with E-state index >= 15 is 0 Å². The Balaban J connectivity index is 1.70. The molecule has 0 unspecified atom stereocenters. The number of benzene rings is 1. The van der Waals surface area contributed by atoms with Gasteiger partial charge in [-0.15, -0.1) is 11.3 Å². The molecule has 130 valence electrons. The number of aryl methyl sites for hydroxylation is 1. The molecule has 6 nitrogen and oxygen atoms in total. The molecule has 0 aliphatic carbocycles. The number of fused-ring (bicyclic) bond motifs is 1. The van der Waals surface area contributed by atoms with Gasteiger partial charge in [0.1, 0.15) is 5.82 Å². The molecular weight excluding hydrogens is 344 g/mol. The number of aromatic nitrogens is 4. The van der Waals surface area contributed by atoms with E-state index in [1.807, 2.05) is 44.2 Å². The number of anilines is 3. The fourth-order valence-corrected chi connectivity index (χ4v) is 3.49. The third-order valence-electron chi connectivity index (χ3n) is 3.80. The molecule has 26 heavy (non-hydrogen) atoms. The van der Waals surface area contributed by atoms with Crippen LogP contribution in [0.5, 0.6) is 0 Å². The first-order valence-corrected chi connectivity index (χ1v) is 9.20. The molecule has 0 spiro atoms. The van der Waals surface area contributed by atoms with Crippen LogP contribution in [-0.2, 0) is 0 Å². The fourth-order valence-electron chi connectivity index (χ4n) is 2.69. The minimum absolute atomic E-state index is 0.592. The van der Waals surface area contributed by atoms with Gasteiger partial charge in [0.25, 0.3) is 0 Å². The third-order valence-corrected chi connectivity index (χ3v) is 4.76. The minimum atomic E-state index is 0.592. The number of pyridine rings is 1. The summed E-state index contributed by atoms with van der Waals surface area (Å²) in [5.74, 6) is 1.32. The molecule has 1 aromatic carbocycles. The Morgan fingerprint density at radius 3 is 2.65 bits per heavy atom. The van der Waals surface area contributed by atoms with Gasteiger partial charge >= 0.3 is 0 Å². The van der Waals surface area contributed by atoms with Crippen molar-refractivity contribution < 1.29 is 0 Å². The first kappa shape index (κ1) is 16.4. The lowest BCUT2D eigenvalue weighted by molar-refractivity contribution is 1.09. The molecule has 0 bridgehead atoms. The Morgan fingerprint density at radius 1 is 1.00 bits per heavy atom. The summed E-state index contributed by atoms with van der Waals surface area (Å²) in [4.78, 5) is 17.8. The van der Waals surface area contributed by atoms with Crippen LogP contribution in [0.4, 0.5) is 17.5 Å². The Morgan fingerprint density at radius 2 is 1.85 bits per heavy atom. The summed E-state index contributed by atoms with van der Waals surface area (Å²) in [7, 11) is 0. The van der Waals surface area contributed by atoms with E-state index < -0.39 is 0 Å². The number of hydrogen-bond acceptors (Lipinski definition) is 7. The standard InChI is InChI=1S/C19H18N6S/c1-3-21-19-24-15(13-6-8-20-9-7-13)11-18(25-19)23-14-4-5-17-16(10-14)22-12(2)26-17/h4-11H,3H2,1-2H3,(H2,21,23,24,25). The third kappa shape index (κ3) is 3.48. The predicted molar refractivity (Wildman–Crippen MR) is 107 cm³/mol. The maximum Gasteiger partial charge on any atom is 0.225 e. The molecule has 0 radical (unpaired) electrons. The molecule has 7 heteroatoms. The van der Waals surface area contributed by atoms with Crippen LogP contribution in [0.3, 0.4) is 0 Å². The molecule has 0 aliphatic heterocycles. The van der Waals surface area contributed by atoms with Crippen LogP contribution in [0.2, 0.25) is 0 Å². The number of nitrogens with zero attached hydrogens (tertiary/aromatic N) is 4. The zero-order chi connectivity index (χ0) is 17.9. The molecule has 2 N–H and O–H groups in total. The molecule has 0 aliphatic rings. The first-order chi connectivity index (χ1) is 12.7. The Bertz CT molecular complexity index is 1040. The normalized spacial score (nSPS) is 10.8. The molecule has 0 saturated carbocycles. The molecular formula is C19H18N6S. The van der Waals surface area contributed by atoms with Crippen molar-refractivity contribution in [2.45, 2.75) is 13.8 Å². The lowest BCUT2D eigenvalue weighted by Gasteiger charge is -2.11. The van der Waals surface area contributed by atoms with Gasteiger partial charge in [-0.2, -0.15) is 4.98 Å². The average Bonchev–Trinajstić information content (AvgIpc) is 3.02. The highest BCUT2D eigenvalue weighted by atomic mass is 32.1. The first-order valence-electron chi connectivity index (χ1n) is 8.39. The Kier molecular flexibility index (Phi) is 4.45. The van der Waals surface area contributed by atoms with E-state index in [9.17, 15) is 0 Å². The largest absolute Gasteiger partial charge is 0.354 e. The highest BCUT2D eigenvalue weighted by Crippen LogP contribution is 2.27. The average molecular weight is 362 g/mol. The van der Waals surface area contributed by atoms with Gasteiger partial charge in [0, 0.05) is 36.3 Å². The van der Waals surface area contributed by atoms with E-state index in [4.69, 9.17) is 0 Å². The van der Waals surface area contributed by atoms with Crippen LogP contribution in [0.1, 0.15) is 11.9 Å². The molecule has 0 amide bonds. The molecule has 3 aromatic heterocycles. The number of rotatable bonds is 5. The second-order valence-corrected chi connectivity index (χ2v) is 7.00. The summed E-state index contributed by atoms with van der Waals surface area (Å²) < 4.78 is 1.18. The molecule has 0 saturated heterocycles. The zero-order valence-electron chi connectivity index (χ0n) is 14.5. The summed E-state index contributed by atoms with van der Waals surface area (Å²) in [6.45, 7) is 4.79. The minimum Gasteiger partial charge on any atom is -0.354 e. The van der Waals surface area contributed by atoms with Crippen LogP contribution in [0, 0.1) is 6.92 Å². The Labute approximate surface area is 155 Å². The lowest BCUT2D eigenvalue weighted by atomic mass is 10.2. The quantitative estimate of drug-likeness (QED) is 0.539. The summed E-state index contributed by atoms with van der Waals surface area (Å²) in [5, 5.41) is 7.62. The van der Waals surface area contributed by atoms with Gasteiger partial charge < -0.3 is 10.6 Å². The van der Waals surface area contributed by atoms with E-state index in [-0.39, 0.29) is 0 Å². The van der Waals surface area contributed by atoms with Crippen molar-refractivity contribution in [3.8, 4) is 11.3 Å². The second-order valence-electron chi connectivity index (χ2n) is 5.77. The van der Waals surface area contributed by atoms with E-state index in [0.29, 0.717) is 5.95 Å². The molecule has 4 aromatic rings. The molecule has 4 rings (SSSR count). The second kappa shape index (κ2) is 7.05. The van der Waals surface area contributed by atoms with Gasteiger partial charge in [0.05, 0.1) is 20.9 Å². The fraction of sp³-hybridized carbons (Fsp3) is 0.158. The van der Waals surface area contributed by atoms with Crippen molar-refractivity contribution in [1.82, 2.24) is 19.9 Å². The van der Waals surface area contributed by atoms with Crippen molar-refractivity contribution in [3.05, 3.63) is 53.8 Å². The molecule has 0 atom stereocenters. The van der Waals surface area contributed by atoms with Crippen LogP contribution < -0.4 is 10.6 Å². The van der Waals surface area contributed by atoms with Crippen molar-refractivity contribution >= 4 is 39.0 Å². The van der Waals surface area contributed by atoms with E-state index in [1.54, 1.807) is 23.7 Å². The van der Waals surface area contributed by atoms with Gasteiger partial charge in [-0.1, -0.05) is 0 Å². The van der Waals surface area contributed by atoms with Crippen LogP contribution in [0.15, 0.2) is 48.8 Å². The number of nitrogens with one attached hydrogen (secondary N) is 2. The summed E-state index contributed by atoms with van der Waals surface area (Å²) in [6.07, 6.45) is 3.52. The smallest absolute Gasteiger partial charge is 0.225 e. The maximum atomic E-state index is 4.59. The van der Waals surface area contributed by atoms with Gasteiger partial charge in [0.15, 0.2) is 0 Å². The molecule has 0 fully saturated rings. The summed E-state index contributed by atoms with van der Waals surface area (Å²) in [6, 6.07) is 12.0. The van der Waals surface area contributed by atoms with Gasteiger partial charge in [-0.3, -0.25) is 4.98 Å². The van der Waals surface area contributed by atoms with Crippen molar-refractivity contribution in [3.63, 3.8) is 0 Å². The maximum absolute atomic E-state index is 4.59. The SMILES string of the molecule is CCNc1nc(Nc2ccc3sc(C)nc3c2)cc(-c2ccncc2)n1. The number of hydrogen-bond donors (Lipinski definition) is 2.